The third kappa shape index (κ3) is 3.68. The van der Waals surface area contributed by atoms with Crippen LogP contribution in [-0.4, -0.2) is 26.8 Å². The highest BCUT2D eigenvalue weighted by atomic mass is 16.4. The van der Waals surface area contributed by atoms with Gasteiger partial charge in [0, 0.05) is 18.3 Å². The minimum absolute atomic E-state index is 0.0803. The molecule has 2 N–H and O–H groups in total. The first-order valence-corrected chi connectivity index (χ1v) is 6.74. The fourth-order valence-electron chi connectivity index (χ4n) is 2.06. The van der Waals surface area contributed by atoms with Gasteiger partial charge >= 0.3 is 5.97 Å². The molecule has 1 heterocycles. The number of amides is 1. The van der Waals surface area contributed by atoms with E-state index in [0.29, 0.717) is 0 Å². The Hall–Kier alpha value is -2.63. The second-order valence-corrected chi connectivity index (χ2v) is 4.55. The molecule has 0 aliphatic carbocycles. The zero-order valence-electron chi connectivity index (χ0n) is 11.7. The average molecular weight is 287 g/mol. The fourth-order valence-corrected chi connectivity index (χ4v) is 2.06. The summed E-state index contributed by atoms with van der Waals surface area (Å²) in [5.74, 6) is -1.22. The molecule has 0 saturated heterocycles. The van der Waals surface area contributed by atoms with Gasteiger partial charge in [-0.15, -0.1) is 0 Å². The lowest BCUT2D eigenvalue weighted by atomic mass is 10.1. The number of para-hydroxylation sites is 1. The third-order valence-corrected chi connectivity index (χ3v) is 3.16. The summed E-state index contributed by atoms with van der Waals surface area (Å²) in [6.45, 7) is 2.25. The molecule has 21 heavy (non-hydrogen) atoms. The second-order valence-electron chi connectivity index (χ2n) is 4.55. The van der Waals surface area contributed by atoms with Crippen molar-refractivity contribution >= 4 is 17.6 Å². The van der Waals surface area contributed by atoms with Gasteiger partial charge in [0.2, 0.25) is 5.91 Å². The molecule has 2 rings (SSSR count). The molecule has 0 aliphatic heterocycles. The van der Waals surface area contributed by atoms with Crippen LogP contribution in [0, 0.1) is 0 Å². The summed E-state index contributed by atoms with van der Waals surface area (Å²) in [4.78, 5) is 22.9. The van der Waals surface area contributed by atoms with Crippen LogP contribution in [0.3, 0.4) is 0 Å². The number of carboxylic acids is 1. The van der Waals surface area contributed by atoms with Gasteiger partial charge in [0.25, 0.3) is 0 Å². The first kappa shape index (κ1) is 14.8. The van der Waals surface area contributed by atoms with Crippen LogP contribution in [0.4, 0.5) is 5.69 Å². The van der Waals surface area contributed by atoms with Gasteiger partial charge in [-0.1, -0.05) is 25.1 Å². The van der Waals surface area contributed by atoms with Crippen LogP contribution in [0.5, 0.6) is 0 Å². The van der Waals surface area contributed by atoms with Crippen molar-refractivity contribution in [1.29, 1.82) is 0 Å². The van der Waals surface area contributed by atoms with E-state index in [1.165, 1.54) is 16.9 Å². The number of rotatable bonds is 6. The molecule has 110 valence electrons. The highest BCUT2D eigenvalue weighted by Crippen LogP contribution is 2.15. The summed E-state index contributed by atoms with van der Waals surface area (Å²) < 4.78 is 1.31. The number of benzene rings is 1. The largest absolute Gasteiger partial charge is 0.477 e. The number of aromatic nitrogens is 2. The molecular formula is C15H17N3O3. The number of aromatic carboxylic acids is 1. The third-order valence-electron chi connectivity index (χ3n) is 3.16. The van der Waals surface area contributed by atoms with Crippen molar-refractivity contribution in [3.63, 3.8) is 0 Å². The Morgan fingerprint density at radius 2 is 2.05 bits per heavy atom. The van der Waals surface area contributed by atoms with Gasteiger partial charge < -0.3 is 10.4 Å². The minimum atomic E-state index is -1.05. The predicted octanol–water partition coefficient (Wildman–Crippen LogP) is 2.17. The van der Waals surface area contributed by atoms with E-state index in [2.05, 4.69) is 10.4 Å². The van der Waals surface area contributed by atoms with Crippen molar-refractivity contribution in [3.8, 4) is 0 Å². The highest BCUT2D eigenvalue weighted by molar-refractivity contribution is 5.91. The lowest BCUT2D eigenvalue weighted by Gasteiger charge is -2.10. The number of nitrogens with zero attached hydrogens (tertiary/aromatic N) is 2. The molecule has 0 atom stereocenters. The van der Waals surface area contributed by atoms with Crippen LogP contribution in [-0.2, 0) is 17.8 Å². The van der Waals surface area contributed by atoms with Crippen molar-refractivity contribution in [1.82, 2.24) is 9.78 Å². The van der Waals surface area contributed by atoms with Crippen LogP contribution < -0.4 is 5.32 Å². The number of carboxylic acid groups (broad SMARTS) is 1. The Kier molecular flexibility index (Phi) is 4.71. The fraction of sp³-hybridized carbons (Fsp3) is 0.267. The zero-order valence-corrected chi connectivity index (χ0v) is 11.7. The molecule has 6 nitrogen and oxygen atoms in total. The summed E-state index contributed by atoms with van der Waals surface area (Å²) in [6.07, 6.45) is 2.41. The number of aryl methyl sites for hydroxylation is 2. The van der Waals surface area contributed by atoms with Crippen molar-refractivity contribution in [2.45, 2.75) is 26.3 Å². The Bertz CT molecular complexity index is 649. The van der Waals surface area contributed by atoms with Crippen molar-refractivity contribution in [3.05, 3.63) is 47.8 Å². The Morgan fingerprint density at radius 3 is 2.76 bits per heavy atom. The van der Waals surface area contributed by atoms with Gasteiger partial charge in [-0.3, -0.25) is 9.48 Å². The van der Waals surface area contributed by atoms with Crippen LogP contribution in [0.15, 0.2) is 36.5 Å². The number of hydrogen-bond acceptors (Lipinski definition) is 3. The smallest absolute Gasteiger partial charge is 0.354 e. The summed E-state index contributed by atoms with van der Waals surface area (Å²) in [6, 6.07) is 9.02. The summed E-state index contributed by atoms with van der Waals surface area (Å²) in [7, 11) is 0. The molecule has 1 amide bonds. The molecule has 6 heteroatoms. The Labute approximate surface area is 122 Å². The molecule has 0 saturated carbocycles. The van der Waals surface area contributed by atoms with Gasteiger partial charge in [0.05, 0.1) is 6.54 Å². The number of carbonyl (C=O) groups is 2. The number of hydrogen-bond donors (Lipinski definition) is 2. The van der Waals surface area contributed by atoms with Crippen LogP contribution >= 0.6 is 0 Å². The number of nitrogens with one attached hydrogen (secondary N) is 1. The maximum absolute atomic E-state index is 12.0. The molecular weight excluding hydrogens is 270 g/mol. The maximum Gasteiger partial charge on any atom is 0.354 e. The minimum Gasteiger partial charge on any atom is -0.477 e. The normalized spacial score (nSPS) is 10.3. The van der Waals surface area contributed by atoms with Gasteiger partial charge in [-0.05, 0) is 24.1 Å². The molecule has 0 unspecified atom stereocenters. The van der Waals surface area contributed by atoms with Crippen molar-refractivity contribution in [2.75, 3.05) is 5.32 Å². The van der Waals surface area contributed by atoms with Crippen LogP contribution in [0.25, 0.3) is 0 Å². The van der Waals surface area contributed by atoms with E-state index in [-0.39, 0.29) is 24.6 Å². The number of carbonyl (C=O) groups excluding carboxylic acids is 1. The van der Waals surface area contributed by atoms with E-state index in [4.69, 9.17) is 5.11 Å². The van der Waals surface area contributed by atoms with Gasteiger partial charge in [-0.25, -0.2) is 4.79 Å². The van der Waals surface area contributed by atoms with E-state index >= 15 is 0 Å². The van der Waals surface area contributed by atoms with E-state index in [1.54, 1.807) is 0 Å². The monoisotopic (exact) mass is 287 g/mol. The molecule has 0 spiro atoms. The van der Waals surface area contributed by atoms with Gasteiger partial charge in [0.1, 0.15) is 5.69 Å². The Balaban J connectivity index is 1.96. The van der Waals surface area contributed by atoms with Crippen LogP contribution in [0.1, 0.15) is 29.4 Å². The number of anilines is 1. The lowest BCUT2D eigenvalue weighted by molar-refractivity contribution is -0.116. The SMILES string of the molecule is CCc1ccccc1NC(=O)CCn1nccc1C(=O)O. The second kappa shape index (κ2) is 6.69. The summed E-state index contributed by atoms with van der Waals surface area (Å²) >= 11 is 0. The topological polar surface area (TPSA) is 84.2 Å². The van der Waals surface area contributed by atoms with E-state index in [0.717, 1.165) is 17.7 Å². The standard InChI is InChI=1S/C15H17N3O3/c1-2-11-5-3-4-6-12(11)17-14(19)8-10-18-13(15(20)21)7-9-16-18/h3-7,9H,2,8,10H2,1H3,(H,17,19)(H,20,21). The summed E-state index contributed by atoms with van der Waals surface area (Å²) in [5, 5.41) is 15.7. The van der Waals surface area contributed by atoms with Crippen LogP contribution in [0.2, 0.25) is 0 Å². The van der Waals surface area contributed by atoms with E-state index in [1.807, 2.05) is 31.2 Å². The quantitative estimate of drug-likeness (QED) is 0.852. The molecule has 0 fully saturated rings. The van der Waals surface area contributed by atoms with E-state index in [9.17, 15) is 9.59 Å². The van der Waals surface area contributed by atoms with Crippen molar-refractivity contribution in [2.24, 2.45) is 0 Å². The first-order chi connectivity index (χ1) is 10.1. The molecule has 2 aromatic rings. The van der Waals surface area contributed by atoms with E-state index < -0.39 is 5.97 Å². The molecule has 0 aliphatic rings. The average Bonchev–Trinajstić information content (AvgIpc) is 2.94. The predicted molar refractivity (Wildman–Crippen MR) is 78.3 cm³/mol. The zero-order chi connectivity index (χ0) is 15.2. The molecule has 0 radical (unpaired) electrons. The van der Waals surface area contributed by atoms with Gasteiger partial charge in [-0.2, -0.15) is 5.10 Å². The molecule has 1 aromatic heterocycles. The Morgan fingerprint density at radius 1 is 1.29 bits per heavy atom. The molecule has 0 bridgehead atoms. The molecule has 1 aromatic carbocycles. The summed E-state index contributed by atoms with van der Waals surface area (Å²) in [5.41, 5.74) is 1.94. The van der Waals surface area contributed by atoms with Gasteiger partial charge in [0.15, 0.2) is 0 Å². The first-order valence-electron chi connectivity index (χ1n) is 6.74. The maximum atomic E-state index is 12.0. The van der Waals surface area contributed by atoms with Crippen molar-refractivity contribution < 1.29 is 14.7 Å². The highest BCUT2D eigenvalue weighted by Gasteiger charge is 2.12. The lowest BCUT2D eigenvalue weighted by Crippen LogP contribution is -2.18.